The van der Waals surface area contributed by atoms with Crippen LogP contribution in [0.5, 0.6) is 0 Å². The number of nitrogens with one attached hydrogen (secondary N) is 2. The van der Waals surface area contributed by atoms with Crippen molar-refractivity contribution in [2.75, 3.05) is 20.6 Å². The molecule has 0 radical (unpaired) electrons. The molecule has 0 rings (SSSR count). The van der Waals surface area contributed by atoms with Gasteiger partial charge in [-0.2, -0.15) is 0 Å². The molecule has 0 aromatic carbocycles. The van der Waals surface area contributed by atoms with Crippen LogP contribution in [0.25, 0.3) is 0 Å². The van der Waals surface area contributed by atoms with Crippen molar-refractivity contribution in [1.82, 2.24) is 15.5 Å². The van der Waals surface area contributed by atoms with Crippen molar-refractivity contribution in [3.63, 3.8) is 0 Å². The number of hydrogen-bond donors (Lipinski definition) is 3. The average molecular weight is 273 g/mol. The van der Waals surface area contributed by atoms with Gasteiger partial charge in [-0.1, -0.05) is 20.8 Å². The molecule has 0 heterocycles. The van der Waals surface area contributed by atoms with E-state index in [1.807, 2.05) is 25.9 Å². The summed E-state index contributed by atoms with van der Waals surface area (Å²) in [5.74, 6) is -1.02. The molecule has 0 aromatic rings. The summed E-state index contributed by atoms with van der Waals surface area (Å²) in [5, 5.41) is 14.4. The summed E-state index contributed by atoms with van der Waals surface area (Å²) in [6.45, 7) is 8.10. The van der Waals surface area contributed by atoms with Crippen LogP contribution in [-0.4, -0.2) is 54.7 Å². The Balaban J connectivity index is 4.32. The predicted molar refractivity (Wildman–Crippen MR) is 75.2 cm³/mol. The van der Waals surface area contributed by atoms with Crippen molar-refractivity contribution in [3.8, 4) is 0 Å². The van der Waals surface area contributed by atoms with Crippen LogP contribution in [0, 0.1) is 5.41 Å². The van der Waals surface area contributed by atoms with Crippen LogP contribution in [0.2, 0.25) is 0 Å². The molecule has 2 unspecified atom stereocenters. The summed E-state index contributed by atoms with van der Waals surface area (Å²) >= 11 is 0. The first kappa shape index (κ1) is 17.7. The molecule has 0 aliphatic rings. The van der Waals surface area contributed by atoms with Crippen molar-refractivity contribution in [2.45, 2.75) is 46.2 Å². The Morgan fingerprint density at radius 2 is 1.74 bits per heavy atom. The first-order chi connectivity index (χ1) is 8.54. The molecule has 0 saturated carbocycles. The molecule has 19 heavy (non-hydrogen) atoms. The molecule has 0 bridgehead atoms. The van der Waals surface area contributed by atoms with Gasteiger partial charge >= 0.3 is 12.0 Å². The molecule has 0 aliphatic heterocycles. The van der Waals surface area contributed by atoms with Crippen LogP contribution < -0.4 is 10.6 Å². The molecule has 0 aliphatic carbocycles. The van der Waals surface area contributed by atoms with Gasteiger partial charge in [0.15, 0.2) is 0 Å². The maximum atomic E-state index is 11.8. The fraction of sp³-hybridized carbons (Fsp3) is 0.846. The molecule has 3 N–H and O–H groups in total. The van der Waals surface area contributed by atoms with E-state index in [0.717, 1.165) is 13.0 Å². The number of carbonyl (C=O) groups excluding carboxylic acids is 1. The molecule has 6 heteroatoms. The fourth-order valence-electron chi connectivity index (χ4n) is 1.57. The van der Waals surface area contributed by atoms with Crippen LogP contribution in [0.3, 0.4) is 0 Å². The minimum Gasteiger partial charge on any atom is -0.480 e. The first-order valence-electron chi connectivity index (χ1n) is 6.48. The molecule has 0 saturated heterocycles. The predicted octanol–water partition coefficient (Wildman–Crippen LogP) is 1.13. The SMILES string of the molecule is CC(CCN(C)C)NC(=O)NC(C(=O)O)C(C)(C)C. The van der Waals surface area contributed by atoms with E-state index in [-0.39, 0.29) is 6.04 Å². The lowest BCUT2D eigenvalue weighted by Gasteiger charge is -2.28. The second-order valence-electron chi connectivity index (χ2n) is 6.25. The fourth-order valence-corrected chi connectivity index (χ4v) is 1.57. The van der Waals surface area contributed by atoms with Crippen molar-refractivity contribution in [1.29, 1.82) is 0 Å². The minimum atomic E-state index is -1.02. The maximum Gasteiger partial charge on any atom is 0.326 e. The van der Waals surface area contributed by atoms with Crippen LogP contribution in [-0.2, 0) is 4.79 Å². The summed E-state index contributed by atoms with van der Waals surface area (Å²) in [7, 11) is 3.93. The van der Waals surface area contributed by atoms with E-state index >= 15 is 0 Å². The van der Waals surface area contributed by atoms with Gasteiger partial charge in [-0.05, 0) is 39.4 Å². The molecule has 0 aromatic heterocycles. The van der Waals surface area contributed by atoms with Crippen molar-refractivity contribution >= 4 is 12.0 Å². The van der Waals surface area contributed by atoms with Gasteiger partial charge in [0.25, 0.3) is 0 Å². The van der Waals surface area contributed by atoms with Crippen LogP contribution in [0.15, 0.2) is 0 Å². The molecular weight excluding hydrogens is 246 g/mol. The van der Waals surface area contributed by atoms with Crippen LogP contribution in [0.4, 0.5) is 4.79 Å². The summed E-state index contributed by atoms with van der Waals surface area (Å²) in [6.07, 6.45) is 0.813. The second kappa shape index (κ2) is 7.33. The van der Waals surface area contributed by atoms with Gasteiger partial charge in [-0.15, -0.1) is 0 Å². The maximum absolute atomic E-state index is 11.8. The monoisotopic (exact) mass is 273 g/mol. The van der Waals surface area contributed by atoms with Crippen LogP contribution >= 0.6 is 0 Å². The van der Waals surface area contributed by atoms with Gasteiger partial charge in [0.1, 0.15) is 6.04 Å². The Bertz CT molecular complexity index is 311. The number of aliphatic carboxylic acids is 1. The highest BCUT2D eigenvalue weighted by atomic mass is 16.4. The normalized spacial score (nSPS) is 14.9. The summed E-state index contributed by atoms with van der Waals surface area (Å²) in [6, 6.07) is -1.35. The minimum absolute atomic E-state index is 0.00295. The molecule has 6 nitrogen and oxygen atoms in total. The summed E-state index contributed by atoms with van der Waals surface area (Å²) in [5.41, 5.74) is -0.532. The highest BCUT2D eigenvalue weighted by Gasteiger charge is 2.32. The smallest absolute Gasteiger partial charge is 0.326 e. The third-order valence-corrected chi connectivity index (χ3v) is 2.78. The highest BCUT2D eigenvalue weighted by molar-refractivity contribution is 5.83. The van der Waals surface area contributed by atoms with E-state index in [0.29, 0.717) is 0 Å². The number of carbonyl (C=O) groups is 2. The topological polar surface area (TPSA) is 81.7 Å². The van der Waals surface area contributed by atoms with Gasteiger partial charge in [0.2, 0.25) is 0 Å². The van der Waals surface area contributed by atoms with E-state index in [1.165, 1.54) is 0 Å². The Kier molecular flexibility index (Phi) is 6.83. The van der Waals surface area contributed by atoms with E-state index in [1.54, 1.807) is 20.8 Å². The van der Waals surface area contributed by atoms with Crippen molar-refractivity contribution in [2.24, 2.45) is 5.41 Å². The average Bonchev–Trinajstić information content (AvgIpc) is 2.21. The zero-order valence-electron chi connectivity index (χ0n) is 12.8. The zero-order chi connectivity index (χ0) is 15.2. The van der Waals surface area contributed by atoms with Crippen molar-refractivity contribution in [3.05, 3.63) is 0 Å². The Morgan fingerprint density at radius 3 is 2.11 bits per heavy atom. The van der Waals surface area contributed by atoms with Gasteiger partial charge in [0, 0.05) is 6.04 Å². The number of nitrogens with zero attached hydrogens (tertiary/aromatic N) is 1. The lowest BCUT2D eigenvalue weighted by atomic mass is 9.87. The standard InChI is InChI=1S/C13H27N3O3/c1-9(7-8-16(5)6)14-12(19)15-10(11(17)18)13(2,3)4/h9-10H,7-8H2,1-6H3,(H,17,18)(H2,14,15,19). The number of carboxylic acids is 1. The lowest BCUT2D eigenvalue weighted by Crippen LogP contribution is -2.53. The largest absolute Gasteiger partial charge is 0.480 e. The Morgan fingerprint density at radius 1 is 1.21 bits per heavy atom. The molecule has 2 atom stereocenters. The Labute approximate surface area is 115 Å². The molecule has 0 spiro atoms. The summed E-state index contributed by atoms with van der Waals surface area (Å²) in [4.78, 5) is 24.9. The Hall–Kier alpha value is -1.30. The van der Waals surface area contributed by atoms with Crippen molar-refractivity contribution < 1.29 is 14.7 Å². The van der Waals surface area contributed by atoms with Gasteiger partial charge in [0.05, 0.1) is 0 Å². The third-order valence-electron chi connectivity index (χ3n) is 2.78. The third kappa shape index (κ3) is 7.66. The van der Waals surface area contributed by atoms with E-state index in [2.05, 4.69) is 10.6 Å². The van der Waals surface area contributed by atoms with E-state index in [9.17, 15) is 9.59 Å². The molecule has 2 amide bonds. The van der Waals surface area contributed by atoms with E-state index in [4.69, 9.17) is 5.11 Å². The van der Waals surface area contributed by atoms with Gasteiger partial charge in [-0.3, -0.25) is 0 Å². The lowest BCUT2D eigenvalue weighted by molar-refractivity contribution is -0.141. The number of rotatable bonds is 6. The molecule has 0 fully saturated rings. The van der Waals surface area contributed by atoms with E-state index < -0.39 is 23.5 Å². The summed E-state index contributed by atoms with van der Waals surface area (Å²) < 4.78 is 0. The number of hydrogen-bond acceptors (Lipinski definition) is 3. The van der Waals surface area contributed by atoms with Gasteiger partial charge in [-0.25, -0.2) is 9.59 Å². The molecule has 112 valence electrons. The number of amides is 2. The number of carboxylic acid groups (broad SMARTS) is 1. The highest BCUT2D eigenvalue weighted by Crippen LogP contribution is 2.19. The number of urea groups is 1. The van der Waals surface area contributed by atoms with Gasteiger partial charge < -0.3 is 20.6 Å². The first-order valence-corrected chi connectivity index (χ1v) is 6.48. The quantitative estimate of drug-likeness (QED) is 0.677. The zero-order valence-corrected chi connectivity index (χ0v) is 12.8. The second-order valence-corrected chi connectivity index (χ2v) is 6.25. The van der Waals surface area contributed by atoms with Crippen LogP contribution in [0.1, 0.15) is 34.1 Å². The molecular formula is C13H27N3O3.